The van der Waals surface area contributed by atoms with E-state index < -0.39 is 0 Å². The summed E-state index contributed by atoms with van der Waals surface area (Å²) in [7, 11) is 0. The molecular weight excluding hydrogens is 647 g/mol. The van der Waals surface area contributed by atoms with Gasteiger partial charge in [-0.25, -0.2) is 15.0 Å². The van der Waals surface area contributed by atoms with Crippen LogP contribution >= 0.6 is 0 Å². The Morgan fingerprint density at radius 2 is 0.868 bits per heavy atom. The minimum Gasteiger partial charge on any atom is -0.456 e. The summed E-state index contributed by atoms with van der Waals surface area (Å²) < 4.78 is 6.28. The molecule has 0 fully saturated rings. The SMILES string of the molecule is c1ccc(-c2nc(-c3ccc(-c4cccc5oc6ccccc6c45)c4ccccc34)nc(-c3cc4c5ccccc5ccc4c4ccccc34)n2)cc1. The molecule has 2 aromatic heterocycles. The fourth-order valence-corrected chi connectivity index (χ4v) is 8.11. The predicted octanol–water partition coefficient (Wildman–Crippen LogP) is 13.1. The smallest absolute Gasteiger partial charge is 0.164 e. The molecule has 0 aliphatic heterocycles. The van der Waals surface area contributed by atoms with Gasteiger partial charge in [0.25, 0.3) is 0 Å². The van der Waals surface area contributed by atoms with Crippen molar-refractivity contribution in [2.75, 3.05) is 0 Å². The van der Waals surface area contributed by atoms with Crippen LogP contribution in [0, 0.1) is 0 Å². The van der Waals surface area contributed by atoms with Crippen LogP contribution in [0.25, 0.3) is 110 Å². The summed E-state index contributed by atoms with van der Waals surface area (Å²) in [6, 6.07) is 61.5. The molecule has 0 saturated heterocycles. The van der Waals surface area contributed by atoms with Gasteiger partial charge >= 0.3 is 0 Å². The Hall–Kier alpha value is -7.17. The van der Waals surface area contributed by atoms with Crippen LogP contribution in [0.15, 0.2) is 180 Å². The van der Waals surface area contributed by atoms with E-state index in [9.17, 15) is 0 Å². The summed E-state index contributed by atoms with van der Waals surface area (Å²) in [5.74, 6) is 1.91. The lowest BCUT2D eigenvalue weighted by Gasteiger charge is -2.15. The largest absolute Gasteiger partial charge is 0.456 e. The van der Waals surface area contributed by atoms with Crippen molar-refractivity contribution >= 4 is 65.0 Å². The van der Waals surface area contributed by atoms with Gasteiger partial charge in [0, 0.05) is 27.5 Å². The van der Waals surface area contributed by atoms with Gasteiger partial charge in [-0.3, -0.25) is 0 Å². The van der Waals surface area contributed by atoms with Crippen LogP contribution in [0.3, 0.4) is 0 Å². The third-order valence-electron chi connectivity index (χ3n) is 10.5. The van der Waals surface area contributed by atoms with Crippen molar-refractivity contribution in [2.24, 2.45) is 0 Å². The van der Waals surface area contributed by atoms with Crippen molar-refractivity contribution in [3.05, 3.63) is 176 Å². The van der Waals surface area contributed by atoms with Crippen molar-refractivity contribution in [1.29, 1.82) is 0 Å². The van der Waals surface area contributed by atoms with Gasteiger partial charge in [-0.15, -0.1) is 0 Å². The second-order valence-electron chi connectivity index (χ2n) is 13.5. The molecule has 0 atom stereocenters. The summed E-state index contributed by atoms with van der Waals surface area (Å²) in [5, 5.41) is 11.5. The van der Waals surface area contributed by atoms with Crippen LogP contribution in [0.2, 0.25) is 0 Å². The molecular formula is C49H29N3O. The highest BCUT2D eigenvalue weighted by Crippen LogP contribution is 2.42. The Bertz CT molecular complexity index is 3240. The van der Waals surface area contributed by atoms with Crippen molar-refractivity contribution in [3.8, 4) is 45.3 Å². The topological polar surface area (TPSA) is 51.8 Å². The Morgan fingerprint density at radius 1 is 0.302 bits per heavy atom. The number of furan rings is 1. The van der Waals surface area contributed by atoms with Gasteiger partial charge < -0.3 is 4.42 Å². The number of hydrogen-bond acceptors (Lipinski definition) is 4. The summed E-state index contributed by atoms with van der Waals surface area (Å²) in [6.07, 6.45) is 0. The molecule has 4 nitrogen and oxygen atoms in total. The number of fused-ring (bicyclic) bond motifs is 9. The molecule has 9 aromatic carbocycles. The fourth-order valence-electron chi connectivity index (χ4n) is 8.11. The lowest BCUT2D eigenvalue weighted by Crippen LogP contribution is -2.01. The molecule has 4 heteroatoms. The molecule has 0 bridgehead atoms. The zero-order valence-electron chi connectivity index (χ0n) is 28.5. The summed E-state index contributed by atoms with van der Waals surface area (Å²) in [5.41, 5.74) is 6.89. The third kappa shape index (κ3) is 4.66. The highest BCUT2D eigenvalue weighted by atomic mass is 16.3. The molecule has 0 amide bonds. The van der Waals surface area contributed by atoms with E-state index in [1.165, 1.54) is 26.9 Å². The summed E-state index contributed by atoms with van der Waals surface area (Å²) >= 11 is 0. The van der Waals surface area contributed by atoms with Gasteiger partial charge in [-0.05, 0) is 78.5 Å². The lowest BCUT2D eigenvalue weighted by atomic mass is 9.92. The standard InChI is InChI=1S/C49H29N3O/c1-2-14-31(15-3-1)47-50-48(52-49(51-47)43-29-42-32-16-5-4-13-30(32)25-26-38(42)34-18-7-9-20-36(34)43)40-28-27-37(33-17-6-8-19-35(33)40)39-22-12-24-45-46(39)41-21-10-11-23-44(41)53-45/h1-29H. The lowest BCUT2D eigenvalue weighted by molar-refractivity contribution is 0.669. The molecule has 11 rings (SSSR count). The van der Waals surface area contributed by atoms with Crippen LogP contribution in [0.4, 0.5) is 0 Å². The number of benzene rings is 9. The molecule has 0 aliphatic carbocycles. The van der Waals surface area contributed by atoms with Gasteiger partial charge in [0.05, 0.1) is 0 Å². The summed E-state index contributed by atoms with van der Waals surface area (Å²) in [6.45, 7) is 0. The average molecular weight is 676 g/mol. The number of aromatic nitrogens is 3. The van der Waals surface area contributed by atoms with E-state index in [-0.39, 0.29) is 0 Å². The van der Waals surface area contributed by atoms with Gasteiger partial charge in [0.15, 0.2) is 17.5 Å². The quantitative estimate of drug-likeness (QED) is 0.174. The van der Waals surface area contributed by atoms with E-state index in [0.29, 0.717) is 17.5 Å². The zero-order valence-corrected chi connectivity index (χ0v) is 28.5. The maximum Gasteiger partial charge on any atom is 0.164 e. The molecule has 2 heterocycles. The van der Waals surface area contributed by atoms with Crippen molar-refractivity contribution in [1.82, 2.24) is 15.0 Å². The van der Waals surface area contributed by atoms with Crippen LogP contribution in [-0.4, -0.2) is 15.0 Å². The maximum absolute atomic E-state index is 6.28. The first-order valence-electron chi connectivity index (χ1n) is 17.9. The Morgan fingerprint density at radius 3 is 1.68 bits per heavy atom. The van der Waals surface area contributed by atoms with Crippen molar-refractivity contribution in [2.45, 2.75) is 0 Å². The first-order chi connectivity index (χ1) is 26.3. The number of para-hydroxylation sites is 1. The minimum absolute atomic E-state index is 0.630. The van der Waals surface area contributed by atoms with Gasteiger partial charge in [-0.2, -0.15) is 0 Å². The van der Waals surface area contributed by atoms with Crippen LogP contribution in [-0.2, 0) is 0 Å². The monoisotopic (exact) mass is 675 g/mol. The van der Waals surface area contributed by atoms with E-state index in [1.807, 2.05) is 36.4 Å². The molecule has 0 aliphatic rings. The van der Waals surface area contributed by atoms with Gasteiger partial charge in [-0.1, -0.05) is 152 Å². The second kappa shape index (κ2) is 11.7. The Balaban J connectivity index is 1.18. The van der Waals surface area contributed by atoms with E-state index >= 15 is 0 Å². The van der Waals surface area contributed by atoms with Gasteiger partial charge in [0.1, 0.15) is 11.2 Å². The Kier molecular flexibility index (Phi) is 6.52. The average Bonchev–Trinajstić information content (AvgIpc) is 3.62. The van der Waals surface area contributed by atoms with E-state index in [0.717, 1.165) is 65.9 Å². The first kappa shape index (κ1) is 29.5. The van der Waals surface area contributed by atoms with E-state index in [4.69, 9.17) is 19.4 Å². The molecule has 0 spiro atoms. The molecule has 0 N–H and O–H groups in total. The number of nitrogens with zero attached hydrogens (tertiary/aromatic N) is 3. The van der Waals surface area contributed by atoms with E-state index in [1.54, 1.807) is 0 Å². The molecule has 0 unspecified atom stereocenters. The number of rotatable bonds is 4. The zero-order chi connectivity index (χ0) is 34.9. The third-order valence-corrected chi connectivity index (χ3v) is 10.5. The first-order valence-corrected chi connectivity index (χ1v) is 17.9. The highest BCUT2D eigenvalue weighted by molar-refractivity contribution is 6.21. The number of hydrogen-bond donors (Lipinski definition) is 0. The molecule has 0 radical (unpaired) electrons. The van der Waals surface area contributed by atoms with Crippen LogP contribution in [0.1, 0.15) is 0 Å². The minimum atomic E-state index is 0.630. The predicted molar refractivity (Wildman–Crippen MR) is 219 cm³/mol. The fraction of sp³-hybridized carbons (Fsp3) is 0. The Labute approximate surface area is 304 Å². The van der Waals surface area contributed by atoms with E-state index in [2.05, 4.69) is 140 Å². The molecule has 11 aromatic rings. The normalized spacial score (nSPS) is 11.8. The summed E-state index contributed by atoms with van der Waals surface area (Å²) in [4.78, 5) is 15.7. The van der Waals surface area contributed by atoms with Crippen molar-refractivity contribution in [3.63, 3.8) is 0 Å². The van der Waals surface area contributed by atoms with Crippen molar-refractivity contribution < 1.29 is 4.42 Å². The van der Waals surface area contributed by atoms with Crippen LogP contribution in [0.5, 0.6) is 0 Å². The molecule has 53 heavy (non-hydrogen) atoms. The van der Waals surface area contributed by atoms with Crippen LogP contribution < -0.4 is 0 Å². The molecule has 0 saturated carbocycles. The van der Waals surface area contributed by atoms with Gasteiger partial charge in [0.2, 0.25) is 0 Å². The maximum atomic E-state index is 6.28. The molecule has 246 valence electrons. The second-order valence-corrected chi connectivity index (χ2v) is 13.5. The highest BCUT2D eigenvalue weighted by Gasteiger charge is 2.20.